The number of hydrogen-bond acceptors (Lipinski definition) is 5. The average Bonchev–Trinajstić information content (AvgIpc) is 3.18. The number of halogens is 1. The molecule has 0 radical (unpaired) electrons. The molecule has 0 amide bonds. The minimum absolute atomic E-state index is 0.277. The maximum atomic E-state index is 5.81. The predicted octanol–water partition coefficient (Wildman–Crippen LogP) is 3.48. The van der Waals surface area contributed by atoms with Crippen LogP contribution in [0.3, 0.4) is 0 Å². The summed E-state index contributed by atoms with van der Waals surface area (Å²) in [5, 5.41) is 3.69. The van der Waals surface area contributed by atoms with Crippen LogP contribution >= 0.6 is 15.9 Å². The highest BCUT2D eigenvalue weighted by atomic mass is 79.9. The Bertz CT molecular complexity index is 623. The first-order chi connectivity index (χ1) is 9.69. The van der Waals surface area contributed by atoms with Crippen LogP contribution in [0.15, 0.2) is 27.3 Å². The Balaban J connectivity index is 1.94. The Morgan fingerprint density at radius 1 is 1.35 bits per heavy atom. The second-order valence-electron chi connectivity index (χ2n) is 4.84. The van der Waals surface area contributed by atoms with Crippen LogP contribution in [0.2, 0.25) is 0 Å². The molecule has 2 N–H and O–H groups in total. The highest BCUT2D eigenvalue weighted by Crippen LogP contribution is 2.41. The maximum absolute atomic E-state index is 5.81. The topological polar surface area (TPSA) is 70.5 Å². The van der Waals surface area contributed by atoms with Gasteiger partial charge in [0, 0.05) is 10.0 Å². The SMILES string of the molecule is COc1cc(-c2cnoc2N)c(Br)cc1OCC1CC1. The number of hydrogen-bond donors (Lipinski definition) is 1. The molecule has 0 bridgehead atoms. The van der Waals surface area contributed by atoms with Gasteiger partial charge in [-0.15, -0.1) is 0 Å². The van der Waals surface area contributed by atoms with Gasteiger partial charge in [-0.3, -0.25) is 0 Å². The van der Waals surface area contributed by atoms with Crippen LogP contribution in [0, 0.1) is 5.92 Å². The summed E-state index contributed by atoms with van der Waals surface area (Å²) in [5.74, 6) is 2.36. The minimum Gasteiger partial charge on any atom is -0.493 e. The summed E-state index contributed by atoms with van der Waals surface area (Å²) >= 11 is 3.53. The summed E-state index contributed by atoms with van der Waals surface area (Å²) in [6.45, 7) is 0.734. The number of aromatic nitrogens is 1. The van der Waals surface area contributed by atoms with Crippen molar-refractivity contribution in [3.8, 4) is 22.6 Å². The van der Waals surface area contributed by atoms with E-state index in [-0.39, 0.29) is 5.88 Å². The lowest BCUT2D eigenvalue weighted by Crippen LogP contribution is -2.01. The summed E-state index contributed by atoms with van der Waals surface area (Å²) in [6, 6.07) is 3.76. The van der Waals surface area contributed by atoms with Crippen molar-refractivity contribution in [2.45, 2.75) is 12.8 Å². The van der Waals surface area contributed by atoms with Gasteiger partial charge in [0.2, 0.25) is 5.88 Å². The third-order valence-corrected chi connectivity index (χ3v) is 3.97. The van der Waals surface area contributed by atoms with E-state index in [1.54, 1.807) is 13.3 Å². The second kappa shape index (κ2) is 5.36. The van der Waals surface area contributed by atoms with Crippen molar-refractivity contribution in [1.29, 1.82) is 0 Å². The lowest BCUT2D eigenvalue weighted by Gasteiger charge is -2.13. The van der Waals surface area contributed by atoms with E-state index in [4.69, 9.17) is 19.7 Å². The third kappa shape index (κ3) is 2.60. The van der Waals surface area contributed by atoms with E-state index < -0.39 is 0 Å². The molecule has 0 aliphatic heterocycles. The predicted molar refractivity (Wildman–Crippen MR) is 78.8 cm³/mol. The molecule has 5 nitrogen and oxygen atoms in total. The van der Waals surface area contributed by atoms with Gasteiger partial charge >= 0.3 is 0 Å². The highest BCUT2D eigenvalue weighted by molar-refractivity contribution is 9.10. The monoisotopic (exact) mass is 338 g/mol. The molecule has 1 saturated carbocycles. The molecule has 1 aliphatic rings. The van der Waals surface area contributed by atoms with Crippen molar-refractivity contribution < 1.29 is 14.0 Å². The van der Waals surface area contributed by atoms with Gasteiger partial charge in [-0.1, -0.05) is 21.1 Å². The molecular weight excluding hydrogens is 324 g/mol. The van der Waals surface area contributed by atoms with E-state index in [1.165, 1.54) is 12.8 Å². The van der Waals surface area contributed by atoms with Gasteiger partial charge < -0.3 is 19.7 Å². The molecule has 1 fully saturated rings. The Kier molecular flexibility index (Phi) is 3.56. The average molecular weight is 339 g/mol. The standard InChI is InChI=1S/C14H15BrN2O3/c1-18-12-4-9(10-6-17-20-14(10)16)11(15)5-13(12)19-7-8-2-3-8/h4-6,8H,2-3,7,16H2,1H3. The lowest BCUT2D eigenvalue weighted by molar-refractivity contribution is 0.280. The summed E-state index contributed by atoms with van der Waals surface area (Å²) < 4.78 is 17.0. The molecule has 1 heterocycles. The summed E-state index contributed by atoms with van der Waals surface area (Å²) in [7, 11) is 1.62. The van der Waals surface area contributed by atoms with Crippen molar-refractivity contribution >= 4 is 21.8 Å². The van der Waals surface area contributed by atoms with Crippen LogP contribution < -0.4 is 15.2 Å². The minimum atomic E-state index is 0.277. The largest absolute Gasteiger partial charge is 0.493 e. The van der Waals surface area contributed by atoms with E-state index in [1.807, 2.05) is 12.1 Å². The number of nitrogen functional groups attached to an aromatic ring is 1. The first-order valence-electron chi connectivity index (χ1n) is 6.40. The second-order valence-corrected chi connectivity index (χ2v) is 5.70. The molecule has 0 spiro atoms. The number of rotatable bonds is 5. The quantitative estimate of drug-likeness (QED) is 0.903. The van der Waals surface area contributed by atoms with Gasteiger partial charge in [-0.05, 0) is 30.9 Å². The molecule has 3 rings (SSSR count). The maximum Gasteiger partial charge on any atom is 0.229 e. The molecule has 1 aromatic carbocycles. The van der Waals surface area contributed by atoms with Crippen molar-refractivity contribution in [2.75, 3.05) is 19.5 Å². The molecule has 6 heteroatoms. The fourth-order valence-electron chi connectivity index (χ4n) is 1.96. The van der Waals surface area contributed by atoms with Crippen LogP contribution in [0.1, 0.15) is 12.8 Å². The smallest absolute Gasteiger partial charge is 0.229 e. The molecule has 0 saturated heterocycles. The van der Waals surface area contributed by atoms with Crippen LogP contribution in [0.5, 0.6) is 11.5 Å². The molecule has 0 atom stereocenters. The van der Waals surface area contributed by atoms with Gasteiger partial charge in [0.1, 0.15) is 0 Å². The van der Waals surface area contributed by atoms with Crippen molar-refractivity contribution in [3.05, 3.63) is 22.8 Å². The summed E-state index contributed by atoms with van der Waals surface area (Å²) in [5.41, 5.74) is 7.34. The van der Waals surface area contributed by atoms with Gasteiger partial charge in [-0.2, -0.15) is 0 Å². The number of ether oxygens (including phenoxy) is 2. The number of anilines is 1. The number of nitrogens with zero attached hydrogens (tertiary/aromatic N) is 1. The van der Waals surface area contributed by atoms with E-state index in [0.717, 1.165) is 28.0 Å². The third-order valence-electron chi connectivity index (χ3n) is 3.31. The van der Waals surface area contributed by atoms with Crippen molar-refractivity contribution in [2.24, 2.45) is 5.92 Å². The van der Waals surface area contributed by atoms with Crippen molar-refractivity contribution in [3.63, 3.8) is 0 Å². The highest BCUT2D eigenvalue weighted by Gasteiger charge is 2.23. The van der Waals surface area contributed by atoms with E-state index >= 15 is 0 Å². The first-order valence-corrected chi connectivity index (χ1v) is 7.19. The van der Waals surface area contributed by atoms with Crippen LogP contribution in [-0.4, -0.2) is 18.9 Å². The number of benzene rings is 1. The first kappa shape index (κ1) is 13.3. The number of nitrogens with two attached hydrogens (primary N) is 1. The fourth-order valence-corrected chi connectivity index (χ4v) is 2.49. The fraction of sp³-hybridized carbons (Fsp3) is 0.357. The van der Waals surface area contributed by atoms with Gasteiger partial charge in [0.05, 0.1) is 25.5 Å². The molecular formula is C14H15BrN2O3. The lowest BCUT2D eigenvalue weighted by atomic mass is 10.1. The number of methoxy groups -OCH3 is 1. The van der Waals surface area contributed by atoms with E-state index in [9.17, 15) is 0 Å². The Hall–Kier alpha value is -1.69. The summed E-state index contributed by atoms with van der Waals surface area (Å²) in [6.07, 6.45) is 4.08. The van der Waals surface area contributed by atoms with Gasteiger partial charge in [-0.25, -0.2) is 0 Å². The molecule has 106 valence electrons. The van der Waals surface area contributed by atoms with Crippen LogP contribution in [-0.2, 0) is 0 Å². The Morgan fingerprint density at radius 2 is 2.15 bits per heavy atom. The van der Waals surface area contributed by atoms with Crippen molar-refractivity contribution in [1.82, 2.24) is 5.16 Å². The molecule has 20 heavy (non-hydrogen) atoms. The molecule has 0 unspecified atom stereocenters. The zero-order valence-electron chi connectivity index (χ0n) is 11.1. The summed E-state index contributed by atoms with van der Waals surface area (Å²) in [4.78, 5) is 0. The van der Waals surface area contributed by atoms with Gasteiger partial charge in [0.25, 0.3) is 0 Å². The van der Waals surface area contributed by atoms with Gasteiger partial charge in [0.15, 0.2) is 11.5 Å². The van der Waals surface area contributed by atoms with Crippen LogP contribution in [0.25, 0.3) is 11.1 Å². The Morgan fingerprint density at radius 3 is 2.75 bits per heavy atom. The van der Waals surface area contributed by atoms with E-state index in [2.05, 4.69) is 21.1 Å². The zero-order chi connectivity index (χ0) is 14.1. The zero-order valence-corrected chi connectivity index (χ0v) is 12.6. The molecule has 2 aromatic rings. The molecule has 1 aromatic heterocycles. The van der Waals surface area contributed by atoms with Crippen LogP contribution in [0.4, 0.5) is 5.88 Å². The normalized spacial score (nSPS) is 14.3. The molecule has 1 aliphatic carbocycles. The Labute approximate surface area is 125 Å². The van der Waals surface area contributed by atoms with E-state index in [0.29, 0.717) is 11.7 Å².